The van der Waals surface area contributed by atoms with Crippen LogP contribution in [-0.4, -0.2) is 16.5 Å². The Morgan fingerprint density at radius 1 is 1.15 bits per heavy atom. The lowest BCUT2D eigenvalue weighted by atomic mass is 10.1. The van der Waals surface area contributed by atoms with Gasteiger partial charge in [0, 0.05) is 24.2 Å². The fraction of sp³-hybridized carbons (Fsp3) is 0.286. The molecule has 0 fully saturated rings. The van der Waals surface area contributed by atoms with E-state index in [0.29, 0.717) is 24.3 Å². The zero-order valence-corrected chi connectivity index (χ0v) is 11.1. The molecule has 0 unspecified atom stereocenters. The van der Waals surface area contributed by atoms with Crippen LogP contribution in [0.4, 0.5) is 14.6 Å². The van der Waals surface area contributed by atoms with E-state index in [0.717, 1.165) is 11.8 Å². The van der Waals surface area contributed by atoms with Gasteiger partial charge in [0.05, 0.1) is 6.04 Å². The molecule has 1 atom stereocenters. The highest BCUT2D eigenvalue weighted by Crippen LogP contribution is 2.20. The fourth-order valence-corrected chi connectivity index (χ4v) is 1.89. The molecule has 2 aromatic rings. The standard InChI is InChI=1S/C14H16F2N4/c1-9(10-4-11(15)6-12(16)5-10)20-14-7-13(2-3-17)18-8-19-14/h4-9H,2-3,17H2,1H3,(H,18,19,20)/t9-/m1/s1. The quantitative estimate of drug-likeness (QED) is 0.881. The van der Waals surface area contributed by atoms with Crippen LogP contribution >= 0.6 is 0 Å². The first-order valence-electron chi connectivity index (χ1n) is 6.32. The maximum absolute atomic E-state index is 13.2. The topological polar surface area (TPSA) is 63.8 Å². The molecule has 1 heterocycles. The smallest absolute Gasteiger partial charge is 0.130 e. The average Bonchev–Trinajstić information content (AvgIpc) is 2.38. The molecule has 3 N–H and O–H groups in total. The van der Waals surface area contributed by atoms with Gasteiger partial charge in [-0.2, -0.15) is 0 Å². The van der Waals surface area contributed by atoms with Gasteiger partial charge in [0.15, 0.2) is 0 Å². The zero-order chi connectivity index (χ0) is 14.5. The average molecular weight is 278 g/mol. The lowest BCUT2D eigenvalue weighted by Gasteiger charge is -2.15. The van der Waals surface area contributed by atoms with E-state index in [1.807, 2.05) is 0 Å². The number of hydrogen-bond donors (Lipinski definition) is 2. The third-order valence-electron chi connectivity index (χ3n) is 2.87. The van der Waals surface area contributed by atoms with E-state index in [-0.39, 0.29) is 6.04 Å². The number of benzene rings is 1. The Hall–Kier alpha value is -2.08. The predicted octanol–water partition coefficient (Wildman–Crippen LogP) is 2.43. The first-order chi connectivity index (χ1) is 9.58. The summed E-state index contributed by atoms with van der Waals surface area (Å²) in [5, 5.41) is 3.09. The Balaban J connectivity index is 2.14. The number of aromatic nitrogens is 2. The van der Waals surface area contributed by atoms with E-state index in [1.54, 1.807) is 13.0 Å². The minimum Gasteiger partial charge on any atom is -0.363 e. The van der Waals surface area contributed by atoms with Crippen LogP contribution in [-0.2, 0) is 6.42 Å². The maximum atomic E-state index is 13.2. The highest BCUT2D eigenvalue weighted by molar-refractivity contribution is 5.38. The summed E-state index contributed by atoms with van der Waals surface area (Å²) in [6.07, 6.45) is 2.09. The predicted molar refractivity (Wildman–Crippen MR) is 73.2 cm³/mol. The van der Waals surface area contributed by atoms with Crippen LogP contribution in [0.25, 0.3) is 0 Å². The lowest BCUT2D eigenvalue weighted by Crippen LogP contribution is -2.10. The summed E-state index contributed by atoms with van der Waals surface area (Å²) in [7, 11) is 0. The van der Waals surface area contributed by atoms with Gasteiger partial charge >= 0.3 is 0 Å². The molecule has 1 aromatic carbocycles. The van der Waals surface area contributed by atoms with Gasteiger partial charge in [-0.05, 0) is 31.2 Å². The SMILES string of the molecule is C[C@@H](Nc1cc(CCN)ncn1)c1cc(F)cc(F)c1. The molecule has 0 saturated carbocycles. The number of nitrogens with one attached hydrogen (secondary N) is 1. The van der Waals surface area contributed by atoms with Crippen molar-refractivity contribution in [3.63, 3.8) is 0 Å². The van der Waals surface area contributed by atoms with Crippen LogP contribution in [0.2, 0.25) is 0 Å². The number of nitrogens with two attached hydrogens (primary N) is 1. The summed E-state index contributed by atoms with van der Waals surface area (Å²) >= 11 is 0. The van der Waals surface area contributed by atoms with Gasteiger partial charge < -0.3 is 11.1 Å². The second-order valence-electron chi connectivity index (χ2n) is 4.50. The van der Waals surface area contributed by atoms with Crippen molar-refractivity contribution in [1.82, 2.24) is 9.97 Å². The van der Waals surface area contributed by atoms with Crippen molar-refractivity contribution < 1.29 is 8.78 Å². The van der Waals surface area contributed by atoms with E-state index in [9.17, 15) is 8.78 Å². The van der Waals surface area contributed by atoms with Gasteiger partial charge in [0.2, 0.25) is 0 Å². The highest BCUT2D eigenvalue weighted by Gasteiger charge is 2.09. The zero-order valence-electron chi connectivity index (χ0n) is 11.1. The second kappa shape index (κ2) is 6.38. The Kier molecular flexibility index (Phi) is 4.57. The van der Waals surface area contributed by atoms with Crippen LogP contribution < -0.4 is 11.1 Å². The van der Waals surface area contributed by atoms with Crippen LogP contribution in [0, 0.1) is 11.6 Å². The van der Waals surface area contributed by atoms with Gasteiger partial charge in [-0.15, -0.1) is 0 Å². The monoisotopic (exact) mass is 278 g/mol. The number of anilines is 1. The van der Waals surface area contributed by atoms with Crippen LogP contribution in [0.5, 0.6) is 0 Å². The largest absolute Gasteiger partial charge is 0.363 e. The summed E-state index contributed by atoms with van der Waals surface area (Å²) in [5.41, 5.74) is 6.81. The molecule has 6 heteroatoms. The Bertz CT molecular complexity index is 569. The van der Waals surface area contributed by atoms with Gasteiger partial charge in [0.1, 0.15) is 23.8 Å². The summed E-state index contributed by atoms with van der Waals surface area (Å²) < 4.78 is 26.4. The summed E-state index contributed by atoms with van der Waals surface area (Å²) in [6, 6.07) is 4.94. The first kappa shape index (κ1) is 14.3. The first-order valence-corrected chi connectivity index (χ1v) is 6.32. The molecule has 0 spiro atoms. The molecule has 0 aliphatic rings. The third-order valence-corrected chi connectivity index (χ3v) is 2.87. The highest BCUT2D eigenvalue weighted by atomic mass is 19.1. The van der Waals surface area contributed by atoms with Crippen molar-refractivity contribution in [2.75, 3.05) is 11.9 Å². The molecule has 1 aromatic heterocycles. The molecule has 4 nitrogen and oxygen atoms in total. The minimum atomic E-state index is -0.597. The van der Waals surface area contributed by atoms with Crippen LogP contribution in [0.3, 0.4) is 0 Å². The lowest BCUT2D eigenvalue weighted by molar-refractivity contribution is 0.577. The van der Waals surface area contributed by atoms with Gasteiger partial charge in [-0.25, -0.2) is 18.7 Å². The number of hydrogen-bond acceptors (Lipinski definition) is 4. The van der Waals surface area contributed by atoms with E-state index in [2.05, 4.69) is 15.3 Å². The van der Waals surface area contributed by atoms with E-state index < -0.39 is 11.6 Å². The molecule has 0 radical (unpaired) electrons. The molecule has 20 heavy (non-hydrogen) atoms. The summed E-state index contributed by atoms with van der Waals surface area (Å²) in [6.45, 7) is 2.31. The fourth-order valence-electron chi connectivity index (χ4n) is 1.89. The Morgan fingerprint density at radius 3 is 2.50 bits per heavy atom. The van der Waals surface area contributed by atoms with Gasteiger partial charge in [-0.1, -0.05) is 0 Å². The maximum Gasteiger partial charge on any atom is 0.130 e. The molecular weight excluding hydrogens is 262 g/mol. The van der Waals surface area contributed by atoms with Crippen molar-refractivity contribution in [1.29, 1.82) is 0 Å². The van der Waals surface area contributed by atoms with Crippen molar-refractivity contribution in [2.45, 2.75) is 19.4 Å². The van der Waals surface area contributed by atoms with Gasteiger partial charge in [-0.3, -0.25) is 0 Å². The molecule has 106 valence electrons. The Morgan fingerprint density at radius 2 is 1.85 bits per heavy atom. The molecule has 0 bridgehead atoms. The molecule has 0 saturated heterocycles. The molecule has 0 amide bonds. The third kappa shape index (κ3) is 3.71. The van der Waals surface area contributed by atoms with Crippen LogP contribution in [0.15, 0.2) is 30.6 Å². The molecule has 0 aliphatic heterocycles. The van der Waals surface area contributed by atoms with E-state index in [1.165, 1.54) is 18.5 Å². The molecule has 2 rings (SSSR count). The number of halogens is 2. The summed E-state index contributed by atoms with van der Waals surface area (Å²) in [5.74, 6) is -0.596. The number of nitrogens with zero attached hydrogens (tertiary/aromatic N) is 2. The van der Waals surface area contributed by atoms with E-state index in [4.69, 9.17) is 5.73 Å². The van der Waals surface area contributed by atoms with Gasteiger partial charge in [0.25, 0.3) is 0 Å². The summed E-state index contributed by atoms with van der Waals surface area (Å²) in [4.78, 5) is 8.17. The van der Waals surface area contributed by atoms with Crippen molar-refractivity contribution in [2.24, 2.45) is 5.73 Å². The Labute approximate surface area is 116 Å². The number of rotatable bonds is 5. The molecular formula is C14H16F2N4. The van der Waals surface area contributed by atoms with Crippen molar-refractivity contribution >= 4 is 5.82 Å². The normalized spacial score (nSPS) is 12.2. The van der Waals surface area contributed by atoms with Crippen LogP contribution in [0.1, 0.15) is 24.2 Å². The van der Waals surface area contributed by atoms with Crippen molar-refractivity contribution in [3.05, 3.63) is 53.5 Å². The minimum absolute atomic E-state index is 0.277. The van der Waals surface area contributed by atoms with Crippen molar-refractivity contribution in [3.8, 4) is 0 Å². The second-order valence-corrected chi connectivity index (χ2v) is 4.50. The molecule has 0 aliphatic carbocycles. The van der Waals surface area contributed by atoms with E-state index >= 15 is 0 Å².